The Bertz CT molecular complexity index is 822. The molecule has 1 aromatic heterocycles. The van der Waals surface area contributed by atoms with Crippen LogP contribution in [0.3, 0.4) is 0 Å². The molecule has 0 fully saturated rings. The van der Waals surface area contributed by atoms with Crippen LogP contribution in [-0.4, -0.2) is 37.5 Å². The van der Waals surface area contributed by atoms with Gasteiger partial charge in [-0.25, -0.2) is 8.42 Å². The normalized spacial score (nSPS) is 11.7. The number of nitrogens with zero attached hydrogens (tertiary/aromatic N) is 2. The van der Waals surface area contributed by atoms with E-state index < -0.39 is 22.5 Å². The first-order chi connectivity index (χ1) is 11.3. The molecule has 0 spiro atoms. The lowest BCUT2D eigenvalue weighted by atomic mass is 10.1. The SMILES string of the molecule is COC(=O)CN(Cc1ccccc1C)S(=O)(=O)c1c(C)noc1C. The van der Waals surface area contributed by atoms with Crippen molar-refractivity contribution in [3.63, 3.8) is 0 Å². The van der Waals surface area contributed by atoms with E-state index in [0.29, 0.717) is 0 Å². The fourth-order valence-corrected chi connectivity index (χ4v) is 4.04. The van der Waals surface area contributed by atoms with Crippen LogP contribution in [0.2, 0.25) is 0 Å². The van der Waals surface area contributed by atoms with Gasteiger partial charge in [0, 0.05) is 6.54 Å². The van der Waals surface area contributed by atoms with Crippen LogP contribution in [0.4, 0.5) is 0 Å². The molecule has 2 rings (SSSR count). The molecule has 0 N–H and O–H groups in total. The summed E-state index contributed by atoms with van der Waals surface area (Å²) >= 11 is 0. The molecule has 2 aromatic rings. The Morgan fingerprint density at radius 1 is 1.25 bits per heavy atom. The molecule has 0 radical (unpaired) electrons. The maximum atomic E-state index is 13.0. The number of aromatic nitrogens is 1. The number of hydrogen-bond donors (Lipinski definition) is 0. The minimum absolute atomic E-state index is 0.0139. The Labute approximate surface area is 141 Å². The second kappa shape index (κ2) is 7.14. The van der Waals surface area contributed by atoms with Gasteiger partial charge in [0.2, 0.25) is 10.0 Å². The van der Waals surface area contributed by atoms with Crippen molar-refractivity contribution in [1.29, 1.82) is 0 Å². The molecule has 8 heteroatoms. The Hall–Kier alpha value is -2.19. The minimum atomic E-state index is -3.96. The number of carbonyl (C=O) groups is 1. The molecule has 0 saturated carbocycles. The van der Waals surface area contributed by atoms with Gasteiger partial charge < -0.3 is 9.26 Å². The van der Waals surface area contributed by atoms with Gasteiger partial charge in [-0.2, -0.15) is 4.31 Å². The number of rotatable bonds is 6. The van der Waals surface area contributed by atoms with E-state index in [2.05, 4.69) is 9.89 Å². The average Bonchev–Trinajstić information content (AvgIpc) is 2.87. The van der Waals surface area contributed by atoms with E-state index in [9.17, 15) is 13.2 Å². The summed E-state index contributed by atoms with van der Waals surface area (Å²) in [5.74, 6) is -0.453. The van der Waals surface area contributed by atoms with Crippen molar-refractivity contribution < 1.29 is 22.5 Å². The third-order valence-corrected chi connectivity index (χ3v) is 5.74. The number of ether oxygens (including phenoxy) is 1. The Morgan fingerprint density at radius 3 is 2.46 bits per heavy atom. The Kier molecular flexibility index (Phi) is 5.40. The van der Waals surface area contributed by atoms with Crippen molar-refractivity contribution in [3.8, 4) is 0 Å². The summed E-state index contributed by atoms with van der Waals surface area (Å²) in [6.45, 7) is 4.62. The van der Waals surface area contributed by atoms with Gasteiger partial charge in [0.15, 0.2) is 5.76 Å². The topological polar surface area (TPSA) is 89.7 Å². The van der Waals surface area contributed by atoms with E-state index in [4.69, 9.17) is 4.52 Å². The summed E-state index contributed by atoms with van der Waals surface area (Å²) < 4.78 is 36.7. The largest absolute Gasteiger partial charge is 0.468 e. The molecular weight excluding hydrogens is 332 g/mol. The predicted molar refractivity (Wildman–Crippen MR) is 86.8 cm³/mol. The number of carbonyl (C=O) groups excluding carboxylic acids is 1. The molecule has 1 aromatic carbocycles. The van der Waals surface area contributed by atoms with Crippen molar-refractivity contribution in [1.82, 2.24) is 9.46 Å². The van der Waals surface area contributed by atoms with Gasteiger partial charge in [0.05, 0.1) is 7.11 Å². The molecule has 0 unspecified atom stereocenters. The molecule has 0 aliphatic carbocycles. The quantitative estimate of drug-likeness (QED) is 0.738. The molecule has 0 bridgehead atoms. The molecule has 0 aliphatic heterocycles. The van der Waals surface area contributed by atoms with Gasteiger partial charge >= 0.3 is 5.97 Å². The molecular formula is C16H20N2O5S. The lowest BCUT2D eigenvalue weighted by molar-refractivity contribution is -0.140. The van der Waals surface area contributed by atoms with Crippen molar-refractivity contribution >= 4 is 16.0 Å². The Morgan fingerprint density at radius 2 is 1.92 bits per heavy atom. The predicted octanol–water partition coefficient (Wildman–Crippen LogP) is 1.96. The van der Waals surface area contributed by atoms with Crippen molar-refractivity contribution in [2.24, 2.45) is 0 Å². The smallest absolute Gasteiger partial charge is 0.321 e. The average molecular weight is 352 g/mol. The van der Waals surface area contributed by atoms with Crippen molar-refractivity contribution in [2.45, 2.75) is 32.2 Å². The van der Waals surface area contributed by atoms with Crippen molar-refractivity contribution in [2.75, 3.05) is 13.7 Å². The van der Waals surface area contributed by atoms with Gasteiger partial charge in [0.1, 0.15) is 17.1 Å². The maximum Gasteiger partial charge on any atom is 0.321 e. The molecule has 0 saturated heterocycles. The fourth-order valence-electron chi connectivity index (χ4n) is 2.38. The summed E-state index contributed by atoms with van der Waals surface area (Å²) in [5, 5.41) is 3.69. The fraction of sp³-hybridized carbons (Fsp3) is 0.375. The first-order valence-corrected chi connectivity index (χ1v) is 8.75. The van der Waals surface area contributed by atoms with E-state index in [1.807, 2.05) is 31.2 Å². The number of benzene rings is 1. The summed E-state index contributed by atoms with van der Waals surface area (Å²) in [6.07, 6.45) is 0. The number of methoxy groups -OCH3 is 1. The van der Waals surface area contributed by atoms with Crippen LogP contribution < -0.4 is 0 Å². The summed E-state index contributed by atoms with van der Waals surface area (Å²) in [4.78, 5) is 11.7. The highest BCUT2D eigenvalue weighted by Gasteiger charge is 2.32. The van der Waals surface area contributed by atoms with Gasteiger partial charge in [-0.1, -0.05) is 29.4 Å². The van der Waals surface area contributed by atoms with Crippen LogP contribution in [0.25, 0.3) is 0 Å². The summed E-state index contributed by atoms with van der Waals surface area (Å²) in [7, 11) is -2.74. The summed E-state index contributed by atoms with van der Waals surface area (Å²) in [6, 6.07) is 7.39. The molecule has 24 heavy (non-hydrogen) atoms. The standard InChI is InChI=1S/C16H20N2O5S/c1-11-7-5-6-8-14(11)9-18(10-15(19)22-4)24(20,21)16-12(2)17-23-13(16)3/h5-8H,9-10H2,1-4H3. The molecule has 0 atom stereocenters. The second-order valence-electron chi connectivity index (χ2n) is 5.43. The highest BCUT2D eigenvalue weighted by Crippen LogP contribution is 2.25. The van der Waals surface area contributed by atoms with Gasteiger partial charge in [-0.3, -0.25) is 4.79 Å². The molecule has 0 aliphatic rings. The van der Waals surface area contributed by atoms with Crippen LogP contribution in [0.15, 0.2) is 33.7 Å². The first-order valence-electron chi connectivity index (χ1n) is 7.31. The van der Waals surface area contributed by atoms with E-state index in [-0.39, 0.29) is 22.9 Å². The van der Waals surface area contributed by atoms with Crippen LogP contribution in [-0.2, 0) is 26.1 Å². The number of aryl methyl sites for hydroxylation is 3. The number of sulfonamides is 1. The highest BCUT2D eigenvalue weighted by atomic mass is 32.2. The van der Waals surface area contributed by atoms with E-state index in [1.165, 1.54) is 14.0 Å². The number of hydrogen-bond acceptors (Lipinski definition) is 6. The third-order valence-electron chi connectivity index (χ3n) is 3.71. The lowest BCUT2D eigenvalue weighted by Gasteiger charge is -2.21. The van der Waals surface area contributed by atoms with E-state index in [1.54, 1.807) is 6.92 Å². The Balaban J connectivity index is 2.46. The highest BCUT2D eigenvalue weighted by molar-refractivity contribution is 7.89. The van der Waals surface area contributed by atoms with Crippen molar-refractivity contribution in [3.05, 3.63) is 46.8 Å². The van der Waals surface area contributed by atoms with Crippen LogP contribution in [0.1, 0.15) is 22.6 Å². The molecule has 7 nitrogen and oxygen atoms in total. The summed E-state index contributed by atoms with van der Waals surface area (Å²) in [5.41, 5.74) is 1.99. The molecule has 0 amide bonds. The van der Waals surface area contributed by atoms with Gasteiger partial charge in [-0.05, 0) is 31.9 Å². The number of esters is 1. The molecule has 1 heterocycles. The monoisotopic (exact) mass is 352 g/mol. The van der Waals surface area contributed by atoms with Crippen LogP contribution >= 0.6 is 0 Å². The zero-order valence-corrected chi connectivity index (χ0v) is 14.9. The van der Waals surface area contributed by atoms with Gasteiger partial charge in [0.25, 0.3) is 0 Å². The maximum absolute atomic E-state index is 13.0. The van der Waals surface area contributed by atoms with Crippen LogP contribution in [0.5, 0.6) is 0 Å². The van der Waals surface area contributed by atoms with E-state index in [0.717, 1.165) is 15.4 Å². The minimum Gasteiger partial charge on any atom is -0.468 e. The van der Waals surface area contributed by atoms with E-state index >= 15 is 0 Å². The zero-order chi connectivity index (χ0) is 17.9. The van der Waals surface area contributed by atoms with Gasteiger partial charge in [-0.15, -0.1) is 0 Å². The second-order valence-corrected chi connectivity index (χ2v) is 7.30. The lowest BCUT2D eigenvalue weighted by Crippen LogP contribution is -2.36. The zero-order valence-electron chi connectivity index (χ0n) is 14.1. The first kappa shape index (κ1) is 18.2. The van der Waals surface area contributed by atoms with Crippen LogP contribution in [0, 0.1) is 20.8 Å². The third kappa shape index (κ3) is 3.65. The molecule has 130 valence electrons.